The number of halogens is 1. The highest BCUT2D eigenvalue weighted by Crippen LogP contribution is 2.26. The average Bonchev–Trinajstić information content (AvgIpc) is 2.98. The van der Waals surface area contributed by atoms with Crippen LogP contribution in [0.15, 0.2) is 53.9 Å². The maximum absolute atomic E-state index is 13.5. The first-order chi connectivity index (χ1) is 11.6. The minimum absolute atomic E-state index is 0.179. The van der Waals surface area contributed by atoms with Crippen molar-refractivity contribution >= 4 is 33.0 Å². The van der Waals surface area contributed by atoms with Crippen LogP contribution < -0.4 is 5.32 Å². The molecule has 1 aromatic heterocycles. The summed E-state index contributed by atoms with van der Waals surface area (Å²) in [5, 5.41) is 6.05. The molecular formula is C19H19FN2OS. The molecule has 3 nitrogen and oxygen atoms in total. The topological polar surface area (TPSA) is 32.3 Å². The number of thiophene rings is 1. The van der Waals surface area contributed by atoms with E-state index in [-0.39, 0.29) is 11.6 Å². The second kappa shape index (κ2) is 7.55. The predicted molar refractivity (Wildman–Crippen MR) is 97.8 cm³/mol. The third-order valence-corrected chi connectivity index (χ3v) is 4.88. The molecule has 0 saturated carbocycles. The molecule has 2 aromatic carbocycles. The summed E-state index contributed by atoms with van der Waals surface area (Å²) in [5.74, 6) is -0.592. The Morgan fingerprint density at radius 3 is 2.75 bits per heavy atom. The van der Waals surface area contributed by atoms with Crippen LogP contribution in [0, 0.1) is 5.82 Å². The smallest absolute Gasteiger partial charge is 0.225 e. The average molecular weight is 342 g/mol. The first-order valence-electron chi connectivity index (χ1n) is 7.81. The van der Waals surface area contributed by atoms with Gasteiger partial charge in [0.25, 0.3) is 0 Å². The number of nitrogens with zero attached hydrogens (tertiary/aromatic N) is 1. The number of nitrogens with one attached hydrogen (secondary N) is 1. The van der Waals surface area contributed by atoms with Gasteiger partial charge >= 0.3 is 0 Å². The fourth-order valence-electron chi connectivity index (χ4n) is 2.59. The van der Waals surface area contributed by atoms with Crippen LogP contribution in [0.4, 0.5) is 10.1 Å². The van der Waals surface area contributed by atoms with Gasteiger partial charge in [-0.25, -0.2) is 4.39 Å². The molecule has 0 unspecified atom stereocenters. The molecule has 0 fully saturated rings. The Balaban J connectivity index is 1.53. The van der Waals surface area contributed by atoms with Crippen molar-refractivity contribution < 1.29 is 9.18 Å². The quantitative estimate of drug-likeness (QED) is 0.715. The van der Waals surface area contributed by atoms with E-state index in [1.165, 1.54) is 21.7 Å². The molecule has 24 heavy (non-hydrogen) atoms. The molecule has 5 heteroatoms. The largest absolute Gasteiger partial charge is 0.324 e. The Labute approximate surface area is 144 Å². The molecule has 0 spiro atoms. The van der Waals surface area contributed by atoms with Crippen molar-refractivity contribution in [1.82, 2.24) is 4.90 Å². The van der Waals surface area contributed by atoms with Crippen LogP contribution in [0.5, 0.6) is 0 Å². The van der Waals surface area contributed by atoms with Crippen LogP contribution in [0.3, 0.4) is 0 Å². The summed E-state index contributed by atoms with van der Waals surface area (Å²) in [6.07, 6.45) is 0.326. The van der Waals surface area contributed by atoms with E-state index >= 15 is 0 Å². The van der Waals surface area contributed by atoms with E-state index in [1.807, 2.05) is 19.2 Å². The maximum Gasteiger partial charge on any atom is 0.225 e. The third kappa shape index (κ3) is 3.99. The summed E-state index contributed by atoms with van der Waals surface area (Å²) < 4.78 is 14.8. The second-order valence-corrected chi connectivity index (χ2v) is 6.68. The summed E-state index contributed by atoms with van der Waals surface area (Å²) in [5.41, 5.74) is 1.50. The standard InChI is InChI=1S/C19H19FN2OS/c1-22(12-14-13-24-18-9-5-2-6-15(14)18)11-10-19(23)21-17-8-4-3-7-16(17)20/h2-9,13H,10-12H2,1H3,(H,21,23). The van der Waals surface area contributed by atoms with E-state index in [4.69, 9.17) is 0 Å². The van der Waals surface area contributed by atoms with Crippen molar-refractivity contribution in [2.75, 3.05) is 18.9 Å². The van der Waals surface area contributed by atoms with Gasteiger partial charge in [-0.2, -0.15) is 0 Å². The second-order valence-electron chi connectivity index (χ2n) is 5.77. The Kier molecular flexibility index (Phi) is 5.23. The lowest BCUT2D eigenvalue weighted by molar-refractivity contribution is -0.116. The molecular weight excluding hydrogens is 323 g/mol. The number of rotatable bonds is 6. The Morgan fingerprint density at radius 1 is 1.17 bits per heavy atom. The molecule has 3 aromatic rings. The number of fused-ring (bicyclic) bond motifs is 1. The van der Waals surface area contributed by atoms with Gasteiger partial charge in [-0.15, -0.1) is 11.3 Å². The fraction of sp³-hybridized carbons (Fsp3) is 0.211. The van der Waals surface area contributed by atoms with Gasteiger partial charge < -0.3 is 10.2 Å². The minimum Gasteiger partial charge on any atom is -0.324 e. The SMILES string of the molecule is CN(CCC(=O)Nc1ccccc1F)Cc1csc2ccccc12. The molecule has 0 aliphatic rings. The van der Waals surface area contributed by atoms with E-state index in [9.17, 15) is 9.18 Å². The molecule has 1 amide bonds. The van der Waals surface area contributed by atoms with E-state index in [1.54, 1.807) is 29.5 Å². The molecule has 0 radical (unpaired) electrons. The van der Waals surface area contributed by atoms with Crippen LogP contribution in [0.25, 0.3) is 10.1 Å². The minimum atomic E-state index is -0.413. The highest BCUT2D eigenvalue weighted by atomic mass is 32.1. The fourth-order valence-corrected chi connectivity index (χ4v) is 3.55. The van der Waals surface area contributed by atoms with Crippen molar-refractivity contribution in [2.24, 2.45) is 0 Å². The van der Waals surface area contributed by atoms with Gasteiger partial charge in [0.2, 0.25) is 5.91 Å². The number of para-hydroxylation sites is 1. The molecule has 1 heterocycles. The van der Waals surface area contributed by atoms with Crippen LogP contribution >= 0.6 is 11.3 Å². The normalized spacial score (nSPS) is 11.1. The van der Waals surface area contributed by atoms with E-state index < -0.39 is 5.82 Å². The number of benzene rings is 2. The number of hydrogen-bond acceptors (Lipinski definition) is 3. The first-order valence-corrected chi connectivity index (χ1v) is 8.69. The molecule has 0 saturated heterocycles. The maximum atomic E-state index is 13.5. The van der Waals surface area contributed by atoms with Gasteiger partial charge in [-0.1, -0.05) is 30.3 Å². The summed E-state index contributed by atoms with van der Waals surface area (Å²) in [7, 11) is 1.99. The number of amides is 1. The van der Waals surface area contributed by atoms with Crippen molar-refractivity contribution in [2.45, 2.75) is 13.0 Å². The highest BCUT2D eigenvalue weighted by molar-refractivity contribution is 7.17. The van der Waals surface area contributed by atoms with Crippen LogP contribution in [0.2, 0.25) is 0 Å². The number of carbonyl (C=O) groups is 1. The molecule has 124 valence electrons. The summed E-state index contributed by atoms with van der Waals surface area (Å²) in [4.78, 5) is 14.1. The number of hydrogen-bond donors (Lipinski definition) is 1. The van der Waals surface area contributed by atoms with Crippen molar-refractivity contribution in [3.8, 4) is 0 Å². The summed E-state index contributed by atoms with van der Waals surface area (Å²) in [6.45, 7) is 1.40. The Morgan fingerprint density at radius 2 is 1.92 bits per heavy atom. The molecule has 0 atom stereocenters. The molecule has 3 rings (SSSR count). The van der Waals surface area contributed by atoms with Crippen LogP contribution in [-0.4, -0.2) is 24.4 Å². The molecule has 1 N–H and O–H groups in total. The monoisotopic (exact) mass is 342 g/mol. The third-order valence-electron chi connectivity index (χ3n) is 3.87. The molecule has 0 aliphatic heterocycles. The van der Waals surface area contributed by atoms with Gasteiger partial charge in [0, 0.05) is 24.2 Å². The van der Waals surface area contributed by atoms with Gasteiger partial charge in [0.1, 0.15) is 5.82 Å². The van der Waals surface area contributed by atoms with Gasteiger partial charge in [0.15, 0.2) is 0 Å². The lowest BCUT2D eigenvalue weighted by Crippen LogP contribution is -2.24. The van der Waals surface area contributed by atoms with Crippen molar-refractivity contribution in [1.29, 1.82) is 0 Å². The number of carbonyl (C=O) groups excluding carboxylic acids is 1. The number of anilines is 1. The Bertz CT molecular complexity index is 846. The zero-order valence-corrected chi connectivity index (χ0v) is 14.3. The lowest BCUT2D eigenvalue weighted by Gasteiger charge is -2.16. The van der Waals surface area contributed by atoms with Crippen LogP contribution in [0.1, 0.15) is 12.0 Å². The van der Waals surface area contributed by atoms with Gasteiger partial charge in [-0.3, -0.25) is 4.79 Å². The highest BCUT2D eigenvalue weighted by Gasteiger charge is 2.10. The van der Waals surface area contributed by atoms with Crippen LogP contribution in [-0.2, 0) is 11.3 Å². The molecule has 0 bridgehead atoms. The lowest BCUT2D eigenvalue weighted by atomic mass is 10.1. The molecule has 0 aliphatic carbocycles. The van der Waals surface area contributed by atoms with E-state index in [0.29, 0.717) is 13.0 Å². The van der Waals surface area contributed by atoms with E-state index in [2.05, 4.69) is 27.7 Å². The Hall–Kier alpha value is -2.24. The summed E-state index contributed by atoms with van der Waals surface area (Å²) in [6, 6.07) is 14.5. The van der Waals surface area contributed by atoms with Gasteiger partial charge in [0.05, 0.1) is 5.69 Å². The van der Waals surface area contributed by atoms with E-state index in [0.717, 1.165) is 6.54 Å². The zero-order chi connectivity index (χ0) is 16.9. The van der Waals surface area contributed by atoms with Crippen molar-refractivity contribution in [3.05, 3.63) is 65.3 Å². The summed E-state index contributed by atoms with van der Waals surface area (Å²) >= 11 is 1.74. The van der Waals surface area contributed by atoms with Gasteiger partial charge in [-0.05, 0) is 41.6 Å². The zero-order valence-electron chi connectivity index (χ0n) is 13.5. The first kappa shape index (κ1) is 16.6. The predicted octanol–water partition coefficient (Wildman–Crippen LogP) is 4.50. The van der Waals surface area contributed by atoms with Crippen molar-refractivity contribution in [3.63, 3.8) is 0 Å².